The number of pyridine rings is 1. The fourth-order valence-electron chi connectivity index (χ4n) is 2.71. The predicted octanol–water partition coefficient (Wildman–Crippen LogP) is -0.0168. The molecule has 2 aromatic rings. The third-order valence-electron chi connectivity index (χ3n) is 3.69. The number of sulfonamides is 1. The molecule has 0 radical (unpaired) electrons. The lowest BCUT2D eigenvalue weighted by molar-refractivity contribution is 0.0880. The summed E-state index contributed by atoms with van der Waals surface area (Å²) in [5, 5.41) is 2.09. The van der Waals surface area contributed by atoms with Crippen LogP contribution in [0.1, 0.15) is 26.3 Å². The number of carbonyl (C=O) groups excluding carboxylic acids is 2. The molecule has 1 aliphatic rings. The van der Waals surface area contributed by atoms with Crippen LogP contribution in [0.2, 0.25) is 0 Å². The van der Waals surface area contributed by atoms with Crippen molar-refractivity contribution >= 4 is 33.3 Å². The van der Waals surface area contributed by atoms with Gasteiger partial charge in [0.05, 0.1) is 23.1 Å². The molecule has 3 rings (SSSR count). The van der Waals surface area contributed by atoms with E-state index in [2.05, 4.69) is 10.0 Å². The van der Waals surface area contributed by atoms with Gasteiger partial charge in [0.25, 0.3) is 17.4 Å². The van der Waals surface area contributed by atoms with Crippen molar-refractivity contribution in [3.05, 3.63) is 51.3 Å². The smallest absolute Gasteiger partial charge is 0.262 e. The van der Waals surface area contributed by atoms with Crippen LogP contribution in [-0.2, 0) is 10.0 Å². The van der Waals surface area contributed by atoms with Crippen LogP contribution in [-0.4, -0.2) is 31.1 Å². The summed E-state index contributed by atoms with van der Waals surface area (Å²) in [4.78, 5) is 36.0. The van der Waals surface area contributed by atoms with Crippen LogP contribution in [0, 0.1) is 6.92 Å². The fraction of sp³-hybridized carbons (Fsp3) is 0.133. The predicted molar refractivity (Wildman–Crippen MR) is 91.5 cm³/mol. The summed E-state index contributed by atoms with van der Waals surface area (Å²) >= 11 is 0. The first-order chi connectivity index (χ1) is 11.6. The molecule has 0 fully saturated rings. The Morgan fingerprint density at radius 2 is 1.80 bits per heavy atom. The van der Waals surface area contributed by atoms with Crippen molar-refractivity contribution in [1.82, 2.24) is 9.88 Å². The first-order valence-corrected chi connectivity index (χ1v) is 8.97. The largest absolute Gasteiger partial charge is 0.384 e. The van der Waals surface area contributed by atoms with Gasteiger partial charge in [-0.3, -0.25) is 29.0 Å². The zero-order chi connectivity index (χ0) is 18.5. The number of nitrogens with zero attached hydrogens (tertiary/aromatic N) is 1. The van der Waals surface area contributed by atoms with Gasteiger partial charge in [0.2, 0.25) is 10.0 Å². The van der Waals surface area contributed by atoms with Crippen molar-refractivity contribution in [2.24, 2.45) is 0 Å². The lowest BCUT2D eigenvalue weighted by Gasteiger charge is -2.15. The molecule has 1 aromatic carbocycles. The Hall–Kier alpha value is -3.14. The first-order valence-electron chi connectivity index (χ1n) is 7.08. The van der Waals surface area contributed by atoms with E-state index >= 15 is 0 Å². The van der Waals surface area contributed by atoms with E-state index in [9.17, 15) is 22.8 Å². The normalized spacial score (nSPS) is 13.5. The third-order valence-corrected chi connectivity index (χ3v) is 4.30. The molecule has 0 saturated heterocycles. The number of imide groups is 1. The van der Waals surface area contributed by atoms with Gasteiger partial charge >= 0.3 is 0 Å². The minimum Gasteiger partial charge on any atom is -0.384 e. The highest BCUT2D eigenvalue weighted by Crippen LogP contribution is 2.25. The van der Waals surface area contributed by atoms with Gasteiger partial charge in [-0.15, -0.1) is 0 Å². The van der Waals surface area contributed by atoms with Gasteiger partial charge in [-0.25, -0.2) is 8.42 Å². The second kappa shape index (κ2) is 5.45. The van der Waals surface area contributed by atoms with E-state index in [0.29, 0.717) is 16.9 Å². The summed E-state index contributed by atoms with van der Waals surface area (Å²) in [5.41, 5.74) is 6.52. The number of hydrogen-bond donors (Lipinski definition) is 3. The first kappa shape index (κ1) is 16.7. The van der Waals surface area contributed by atoms with Crippen LogP contribution in [0.5, 0.6) is 0 Å². The Morgan fingerprint density at radius 3 is 2.40 bits per heavy atom. The Balaban J connectivity index is 2.19. The van der Waals surface area contributed by atoms with Gasteiger partial charge in [0.15, 0.2) is 0 Å². The Morgan fingerprint density at radius 1 is 1.12 bits per heavy atom. The van der Waals surface area contributed by atoms with E-state index in [1.807, 2.05) is 0 Å². The van der Waals surface area contributed by atoms with Gasteiger partial charge in [0.1, 0.15) is 5.82 Å². The number of aryl methyl sites for hydroxylation is 1. The van der Waals surface area contributed by atoms with Gasteiger partial charge in [-0.05, 0) is 30.7 Å². The highest BCUT2D eigenvalue weighted by Gasteiger charge is 2.32. The highest BCUT2D eigenvalue weighted by molar-refractivity contribution is 7.92. The van der Waals surface area contributed by atoms with Crippen molar-refractivity contribution in [3.63, 3.8) is 0 Å². The van der Waals surface area contributed by atoms with Crippen LogP contribution in [0.4, 0.5) is 11.5 Å². The molecule has 25 heavy (non-hydrogen) atoms. The number of carbonyl (C=O) groups is 2. The molecule has 0 atom stereocenters. The van der Waals surface area contributed by atoms with E-state index in [1.165, 1.54) is 18.2 Å². The summed E-state index contributed by atoms with van der Waals surface area (Å²) in [6.07, 6.45) is 1.02. The van der Waals surface area contributed by atoms with Crippen LogP contribution in [0.25, 0.3) is 5.69 Å². The maximum absolute atomic E-state index is 12.4. The van der Waals surface area contributed by atoms with E-state index < -0.39 is 27.4 Å². The average molecular weight is 362 g/mol. The van der Waals surface area contributed by atoms with Crippen molar-refractivity contribution in [2.45, 2.75) is 6.92 Å². The standard InChI is InChI=1S/C15H14N4O5S/c1-7-5-8(18-25(2,23)24)3-4-10(7)19-11(20)6-9-12(13(19)16)15(22)17-14(9)21/h3-6,18H,16H2,1-2H3,(H,17,21,22). The molecule has 9 nitrogen and oxygen atoms in total. The van der Waals surface area contributed by atoms with Gasteiger partial charge in [0, 0.05) is 11.8 Å². The molecular weight excluding hydrogens is 348 g/mol. The second-order valence-electron chi connectivity index (χ2n) is 5.65. The topological polar surface area (TPSA) is 140 Å². The summed E-state index contributed by atoms with van der Waals surface area (Å²) in [5.74, 6) is -1.49. The van der Waals surface area contributed by atoms with Crippen molar-refractivity contribution in [1.29, 1.82) is 0 Å². The number of fused-ring (bicyclic) bond motifs is 1. The maximum Gasteiger partial charge on any atom is 0.262 e. The molecule has 0 spiro atoms. The van der Waals surface area contributed by atoms with Gasteiger partial charge < -0.3 is 5.73 Å². The number of anilines is 2. The molecule has 1 aromatic heterocycles. The van der Waals surface area contributed by atoms with E-state index in [1.54, 1.807) is 6.92 Å². The van der Waals surface area contributed by atoms with Crippen molar-refractivity contribution in [2.75, 3.05) is 16.7 Å². The Kier molecular flexibility index (Phi) is 3.64. The third kappa shape index (κ3) is 2.87. The van der Waals surface area contributed by atoms with E-state index in [-0.39, 0.29) is 16.9 Å². The van der Waals surface area contributed by atoms with Crippen LogP contribution in [0.15, 0.2) is 29.1 Å². The molecule has 0 bridgehead atoms. The summed E-state index contributed by atoms with van der Waals surface area (Å²) < 4.78 is 26.1. The number of amides is 2. The molecule has 0 aliphatic carbocycles. The molecule has 2 amide bonds. The lowest BCUT2D eigenvalue weighted by Crippen LogP contribution is -2.24. The number of nitrogens with two attached hydrogens (primary N) is 1. The van der Waals surface area contributed by atoms with Crippen LogP contribution in [0.3, 0.4) is 0 Å². The highest BCUT2D eigenvalue weighted by atomic mass is 32.2. The number of nitrogens with one attached hydrogen (secondary N) is 2. The average Bonchev–Trinajstić information content (AvgIpc) is 2.74. The number of aromatic nitrogens is 1. The van der Waals surface area contributed by atoms with Gasteiger partial charge in [-0.1, -0.05) is 0 Å². The van der Waals surface area contributed by atoms with Crippen LogP contribution < -0.4 is 21.3 Å². The fourth-order valence-corrected chi connectivity index (χ4v) is 3.27. The number of benzene rings is 1. The molecule has 130 valence electrons. The summed E-state index contributed by atoms with van der Waals surface area (Å²) in [7, 11) is -3.44. The molecule has 0 unspecified atom stereocenters. The number of rotatable bonds is 3. The minimum atomic E-state index is -3.44. The zero-order valence-electron chi connectivity index (χ0n) is 13.3. The number of hydrogen-bond acceptors (Lipinski definition) is 6. The summed E-state index contributed by atoms with van der Waals surface area (Å²) in [6, 6.07) is 5.55. The molecule has 1 aliphatic heterocycles. The van der Waals surface area contributed by atoms with Gasteiger partial charge in [-0.2, -0.15) is 0 Å². The second-order valence-corrected chi connectivity index (χ2v) is 7.40. The molecule has 10 heteroatoms. The zero-order valence-corrected chi connectivity index (χ0v) is 14.1. The summed E-state index contributed by atoms with van der Waals surface area (Å²) in [6.45, 7) is 1.66. The molecular formula is C15H14N4O5S. The van der Waals surface area contributed by atoms with E-state index in [4.69, 9.17) is 5.73 Å². The minimum absolute atomic E-state index is 0.0534. The SMILES string of the molecule is Cc1cc(NS(C)(=O)=O)ccc1-n1c(N)c2c(cc1=O)C(=O)NC2=O. The van der Waals surface area contributed by atoms with Crippen molar-refractivity contribution < 1.29 is 18.0 Å². The molecule has 2 heterocycles. The van der Waals surface area contributed by atoms with Crippen LogP contribution >= 0.6 is 0 Å². The quantitative estimate of drug-likeness (QED) is 0.656. The lowest BCUT2D eigenvalue weighted by atomic mass is 10.1. The molecule has 0 saturated carbocycles. The Bertz CT molecular complexity index is 1100. The number of nitrogen functional groups attached to an aromatic ring is 1. The monoisotopic (exact) mass is 362 g/mol. The van der Waals surface area contributed by atoms with Crippen molar-refractivity contribution in [3.8, 4) is 5.69 Å². The maximum atomic E-state index is 12.4. The molecule has 4 N–H and O–H groups in total. The Labute approximate surface area is 142 Å². The van der Waals surface area contributed by atoms with E-state index in [0.717, 1.165) is 16.9 Å².